The number of anilines is 2. The molecule has 6 rings (SSSR count). The van der Waals surface area contributed by atoms with E-state index in [1.807, 2.05) is 0 Å². The van der Waals surface area contributed by atoms with Gasteiger partial charge in [-0.15, -0.1) is 0 Å². The van der Waals surface area contributed by atoms with Crippen molar-refractivity contribution in [2.45, 2.75) is 27.6 Å². The third kappa shape index (κ3) is 5.32. The molecule has 3 heterocycles. The number of hydrogen-bond acceptors (Lipinski definition) is 9. The maximum Gasteiger partial charge on any atom is 0.308 e. The summed E-state index contributed by atoms with van der Waals surface area (Å²) in [6.07, 6.45) is 0. The number of carbonyl (C=O) groups excluding carboxylic acids is 3. The molecule has 0 saturated carbocycles. The maximum absolute atomic E-state index is 14.0. The Morgan fingerprint density at radius 1 is 1.00 bits per heavy atom. The largest absolute Gasteiger partial charge is 0.496 e. The van der Waals surface area contributed by atoms with Gasteiger partial charge in [-0.1, -0.05) is 52.9 Å². The first-order chi connectivity index (χ1) is 21.0. The van der Waals surface area contributed by atoms with Gasteiger partial charge in [-0.25, -0.2) is 18.5 Å². The molecule has 0 bridgehead atoms. The molecule has 44 heavy (non-hydrogen) atoms. The number of amides is 3. The molecule has 0 spiro atoms. The summed E-state index contributed by atoms with van der Waals surface area (Å²) in [6.45, 7) is -0.381. The third-order valence-electron chi connectivity index (χ3n) is 7.38. The summed E-state index contributed by atoms with van der Waals surface area (Å²) in [4.78, 5) is 55.5. The number of nitrogens with one attached hydrogen (secondary N) is 1. The Kier molecular flexibility index (Phi) is 7.88. The number of imide groups is 1. The Hall–Kier alpha value is -3.95. The number of rotatable bonds is 7. The zero-order chi connectivity index (χ0) is 31.3. The standard InChI is InChI=1S/C29H23ClN4O7S3/c1-41-20-5-3-2-4-19(20)22-23-24(27(37)34(26(23)36)17-10-6-15(30)7-11-17)42-28-25(22)43-29(38)33(28)14-21(35)32-16-8-12-18(13-9-16)44(31,39)40/h2-13,22-24H,14H2,1H3,(H,32,35)(H2,31,39,40)/t22-,23?,24?/m1/s1. The summed E-state index contributed by atoms with van der Waals surface area (Å²) in [5, 5.41) is 7.78. The lowest BCUT2D eigenvalue weighted by Gasteiger charge is -2.31. The number of carbonyl (C=O) groups is 3. The first kappa shape index (κ1) is 30.1. The van der Waals surface area contributed by atoms with E-state index >= 15 is 0 Å². The third-order valence-corrected chi connectivity index (χ3v) is 11.2. The highest BCUT2D eigenvalue weighted by Crippen LogP contribution is 2.55. The molecule has 3 N–H and O–H groups in total. The normalized spacial score (nSPS) is 19.4. The fourth-order valence-electron chi connectivity index (χ4n) is 5.43. The van der Waals surface area contributed by atoms with Crippen LogP contribution in [0.25, 0.3) is 0 Å². The number of ether oxygens (including phenoxy) is 1. The van der Waals surface area contributed by atoms with E-state index in [-0.39, 0.29) is 11.4 Å². The average Bonchev–Trinajstić information content (AvgIpc) is 3.43. The first-order valence-corrected chi connectivity index (χ1v) is 16.7. The van der Waals surface area contributed by atoms with E-state index in [1.165, 1.54) is 35.9 Å². The number of aromatic nitrogens is 1. The number of thiazole rings is 1. The van der Waals surface area contributed by atoms with E-state index in [0.29, 0.717) is 37.6 Å². The molecule has 1 fully saturated rings. The van der Waals surface area contributed by atoms with Crippen molar-refractivity contribution in [2.24, 2.45) is 11.1 Å². The number of halogens is 1. The summed E-state index contributed by atoms with van der Waals surface area (Å²) in [6, 6.07) is 18.8. The number of nitrogens with zero attached hydrogens (tertiary/aromatic N) is 2. The molecule has 2 aliphatic rings. The van der Waals surface area contributed by atoms with Crippen LogP contribution >= 0.6 is 34.7 Å². The number of sulfonamides is 1. The van der Waals surface area contributed by atoms with Crippen molar-refractivity contribution in [2.75, 3.05) is 17.3 Å². The van der Waals surface area contributed by atoms with E-state index in [4.69, 9.17) is 21.5 Å². The molecule has 226 valence electrons. The van der Waals surface area contributed by atoms with E-state index in [0.717, 1.165) is 28.0 Å². The predicted molar refractivity (Wildman–Crippen MR) is 167 cm³/mol. The lowest BCUT2D eigenvalue weighted by Crippen LogP contribution is -2.33. The van der Waals surface area contributed by atoms with Gasteiger partial charge in [0.15, 0.2) is 0 Å². The number of methoxy groups -OCH3 is 1. The highest BCUT2D eigenvalue weighted by atomic mass is 35.5. The number of thioether (sulfide) groups is 1. The number of primary sulfonamides is 1. The van der Waals surface area contributed by atoms with Crippen LogP contribution in [-0.2, 0) is 31.0 Å². The molecule has 0 aliphatic carbocycles. The Morgan fingerprint density at radius 2 is 1.68 bits per heavy atom. The van der Waals surface area contributed by atoms with Gasteiger partial charge in [-0.05, 0) is 54.6 Å². The van der Waals surface area contributed by atoms with Gasteiger partial charge in [0.05, 0.1) is 28.6 Å². The number of nitrogens with two attached hydrogens (primary N) is 1. The number of benzene rings is 3. The molecule has 2 aliphatic heterocycles. The number of para-hydroxylation sites is 1. The molecule has 1 aromatic heterocycles. The van der Waals surface area contributed by atoms with Crippen molar-refractivity contribution in [1.82, 2.24) is 4.57 Å². The van der Waals surface area contributed by atoms with Crippen LogP contribution in [0.1, 0.15) is 16.4 Å². The summed E-state index contributed by atoms with van der Waals surface area (Å²) in [5.41, 5.74) is 1.32. The molecule has 3 atom stereocenters. The van der Waals surface area contributed by atoms with Crippen molar-refractivity contribution in [1.29, 1.82) is 0 Å². The monoisotopic (exact) mass is 670 g/mol. The highest BCUT2D eigenvalue weighted by molar-refractivity contribution is 8.00. The molecular weight excluding hydrogens is 648 g/mol. The molecule has 0 radical (unpaired) electrons. The Labute approximate surface area is 264 Å². The molecule has 4 aromatic rings. The van der Waals surface area contributed by atoms with Crippen LogP contribution < -0.4 is 25.0 Å². The smallest absolute Gasteiger partial charge is 0.308 e. The van der Waals surface area contributed by atoms with Gasteiger partial charge in [0, 0.05) is 27.1 Å². The molecule has 3 aromatic carbocycles. The highest BCUT2D eigenvalue weighted by Gasteiger charge is 2.57. The van der Waals surface area contributed by atoms with Crippen molar-refractivity contribution < 1.29 is 27.5 Å². The summed E-state index contributed by atoms with van der Waals surface area (Å²) in [7, 11) is -2.40. The van der Waals surface area contributed by atoms with Crippen molar-refractivity contribution >= 4 is 73.8 Å². The van der Waals surface area contributed by atoms with E-state index in [2.05, 4.69) is 5.32 Å². The van der Waals surface area contributed by atoms with Crippen LogP contribution in [0.15, 0.2) is 87.5 Å². The van der Waals surface area contributed by atoms with Crippen LogP contribution in [0.5, 0.6) is 5.75 Å². The summed E-state index contributed by atoms with van der Waals surface area (Å²) in [5.74, 6) is -2.46. The van der Waals surface area contributed by atoms with Gasteiger partial charge < -0.3 is 10.1 Å². The van der Waals surface area contributed by atoms with E-state index in [9.17, 15) is 27.6 Å². The first-order valence-electron chi connectivity index (χ1n) is 13.1. The van der Waals surface area contributed by atoms with Crippen LogP contribution in [0.4, 0.5) is 11.4 Å². The van der Waals surface area contributed by atoms with E-state index in [1.54, 1.807) is 48.5 Å². The van der Waals surface area contributed by atoms with Crippen LogP contribution in [0.2, 0.25) is 5.02 Å². The van der Waals surface area contributed by atoms with Crippen LogP contribution in [0, 0.1) is 5.92 Å². The van der Waals surface area contributed by atoms with Gasteiger partial charge in [-0.2, -0.15) is 0 Å². The van der Waals surface area contributed by atoms with Crippen LogP contribution in [-0.4, -0.2) is 43.1 Å². The minimum atomic E-state index is -3.91. The lowest BCUT2D eigenvalue weighted by atomic mass is 9.82. The fraction of sp³-hybridized carbons (Fsp3) is 0.172. The van der Waals surface area contributed by atoms with Crippen LogP contribution in [0.3, 0.4) is 0 Å². The number of fused-ring (bicyclic) bond motifs is 2. The molecule has 15 heteroatoms. The Balaban J connectivity index is 1.39. The number of hydrogen-bond donors (Lipinski definition) is 2. The van der Waals surface area contributed by atoms with Crippen molar-refractivity contribution in [3.63, 3.8) is 0 Å². The van der Waals surface area contributed by atoms with Crippen molar-refractivity contribution in [3.05, 3.63) is 97.9 Å². The molecular formula is C29H23ClN4O7S3. The van der Waals surface area contributed by atoms with Gasteiger partial charge >= 0.3 is 4.87 Å². The predicted octanol–water partition coefficient (Wildman–Crippen LogP) is 3.65. The topological polar surface area (TPSA) is 158 Å². The molecule has 2 unspecified atom stereocenters. The molecule has 3 amide bonds. The minimum Gasteiger partial charge on any atom is -0.496 e. The Morgan fingerprint density at radius 3 is 2.34 bits per heavy atom. The second kappa shape index (κ2) is 11.5. The van der Waals surface area contributed by atoms with Gasteiger partial charge in [-0.3, -0.25) is 23.7 Å². The summed E-state index contributed by atoms with van der Waals surface area (Å²) < 4.78 is 30.0. The molecule has 1 saturated heterocycles. The molecule has 11 nitrogen and oxygen atoms in total. The second-order valence-corrected chi connectivity index (χ2v) is 14.1. The lowest BCUT2D eigenvalue weighted by molar-refractivity contribution is -0.122. The maximum atomic E-state index is 14.0. The quantitative estimate of drug-likeness (QED) is 0.282. The zero-order valence-corrected chi connectivity index (χ0v) is 26.0. The average molecular weight is 671 g/mol. The summed E-state index contributed by atoms with van der Waals surface area (Å²) >= 11 is 8.05. The fourth-order valence-corrected chi connectivity index (χ4v) is 8.84. The van der Waals surface area contributed by atoms with Gasteiger partial charge in [0.2, 0.25) is 27.7 Å². The van der Waals surface area contributed by atoms with Crippen molar-refractivity contribution in [3.8, 4) is 5.75 Å². The van der Waals surface area contributed by atoms with Gasteiger partial charge in [0.25, 0.3) is 0 Å². The van der Waals surface area contributed by atoms with Gasteiger partial charge in [0.1, 0.15) is 17.5 Å². The van der Waals surface area contributed by atoms with E-state index < -0.39 is 49.7 Å². The Bertz CT molecular complexity index is 1970. The SMILES string of the molecule is COc1ccccc1[C@H]1c2sc(=O)n(CC(=O)Nc3ccc(S(N)(=O)=O)cc3)c2SC2C(=O)N(c3ccc(Cl)cc3)C(=O)C21. The zero-order valence-electron chi connectivity index (χ0n) is 22.8. The second-order valence-electron chi connectivity index (χ2n) is 10.0. The minimum absolute atomic E-state index is 0.115.